The molecule has 0 aromatic heterocycles. The van der Waals surface area contributed by atoms with Crippen molar-refractivity contribution >= 4 is 12.1 Å². The van der Waals surface area contributed by atoms with E-state index in [1.54, 1.807) is 19.1 Å². The molecule has 1 N–H and O–H groups in total. The highest BCUT2D eigenvalue weighted by molar-refractivity contribution is 5.72. The van der Waals surface area contributed by atoms with Crippen LogP contribution in [0.5, 0.6) is 11.5 Å². The van der Waals surface area contributed by atoms with Gasteiger partial charge in [-0.25, -0.2) is 14.0 Å². The minimum Gasteiger partial charge on any atom is -0.492 e. The van der Waals surface area contributed by atoms with E-state index in [0.29, 0.717) is 11.3 Å². The number of alkyl halides is 7. The van der Waals surface area contributed by atoms with Crippen molar-refractivity contribution in [2.75, 3.05) is 26.3 Å². The summed E-state index contributed by atoms with van der Waals surface area (Å²) in [5.41, 5.74) is 0.636. The number of nitrogens with zero attached hydrogens (tertiary/aromatic N) is 1. The zero-order chi connectivity index (χ0) is 31.6. The third-order valence-corrected chi connectivity index (χ3v) is 5.86. The molecule has 234 valence electrons. The highest BCUT2D eigenvalue weighted by atomic mass is 19.4. The fourth-order valence-corrected chi connectivity index (χ4v) is 3.63. The average molecular weight is 616 g/mol. The van der Waals surface area contributed by atoms with Crippen molar-refractivity contribution in [3.63, 3.8) is 0 Å². The summed E-state index contributed by atoms with van der Waals surface area (Å²) in [4.78, 5) is 24.8. The van der Waals surface area contributed by atoms with Crippen LogP contribution in [0.25, 0.3) is 0 Å². The van der Waals surface area contributed by atoms with Crippen molar-refractivity contribution in [3.05, 3.63) is 59.9 Å². The quantitative estimate of drug-likeness (QED) is 0.166. The lowest BCUT2D eigenvalue weighted by Crippen LogP contribution is -2.51. The van der Waals surface area contributed by atoms with Gasteiger partial charge in [0.05, 0.1) is 6.54 Å². The van der Waals surface area contributed by atoms with Crippen LogP contribution in [-0.2, 0) is 16.0 Å². The maximum absolute atomic E-state index is 13.6. The Kier molecular flexibility index (Phi) is 12.4. The van der Waals surface area contributed by atoms with Crippen LogP contribution in [0.15, 0.2) is 48.5 Å². The third kappa shape index (κ3) is 10.0. The summed E-state index contributed by atoms with van der Waals surface area (Å²) >= 11 is 0. The Labute approximate surface area is 236 Å². The summed E-state index contributed by atoms with van der Waals surface area (Å²) < 4.78 is 120. The van der Waals surface area contributed by atoms with E-state index in [2.05, 4.69) is 0 Å². The largest absolute Gasteiger partial charge is 0.492 e. The lowest BCUT2D eigenvalue weighted by Gasteiger charge is -2.28. The van der Waals surface area contributed by atoms with Crippen LogP contribution in [0.4, 0.5) is 39.9 Å². The number of carboxylic acids is 1. The van der Waals surface area contributed by atoms with Gasteiger partial charge in [-0.1, -0.05) is 18.2 Å². The van der Waals surface area contributed by atoms with Crippen molar-refractivity contribution in [2.45, 2.75) is 56.7 Å². The van der Waals surface area contributed by atoms with Gasteiger partial charge in [-0.2, -0.15) is 30.7 Å². The van der Waals surface area contributed by atoms with Crippen LogP contribution < -0.4 is 9.47 Å². The van der Waals surface area contributed by atoms with E-state index in [1.165, 1.54) is 24.3 Å². The molecule has 15 heteroatoms. The second-order valence-electron chi connectivity index (χ2n) is 9.02. The van der Waals surface area contributed by atoms with E-state index in [9.17, 15) is 49.8 Å². The highest BCUT2D eigenvalue weighted by Crippen LogP contribution is 2.48. The molecule has 2 aromatic rings. The number of hydrogen-bond acceptors (Lipinski definition) is 5. The van der Waals surface area contributed by atoms with E-state index in [1.807, 2.05) is 0 Å². The maximum atomic E-state index is 13.6. The fourth-order valence-electron chi connectivity index (χ4n) is 3.63. The van der Waals surface area contributed by atoms with Gasteiger partial charge in [0.25, 0.3) is 0 Å². The Balaban J connectivity index is 2.00. The molecular weight excluding hydrogens is 586 g/mol. The SMILES string of the molecule is CCOC(Cc1ccc(OCCN(CCCCC(F)(F)C(F)(F)C(F)(F)F)C(=O)Oc2cccc(F)c2)cc1)C(=O)O. The van der Waals surface area contributed by atoms with Crippen LogP contribution in [0.3, 0.4) is 0 Å². The number of rotatable bonds is 16. The third-order valence-electron chi connectivity index (χ3n) is 5.86. The summed E-state index contributed by atoms with van der Waals surface area (Å²) in [5, 5.41) is 9.20. The molecule has 0 radical (unpaired) electrons. The van der Waals surface area contributed by atoms with Crippen molar-refractivity contribution in [3.8, 4) is 11.5 Å². The molecule has 0 saturated carbocycles. The Bertz CT molecular complexity index is 1160. The number of benzene rings is 2. The van der Waals surface area contributed by atoms with Crippen molar-refractivity contribution < 1.29 is 64.0 Å². The van der Waals surface area contributed by atoms with Gasteiger partial charge in [-0.15, -0.1) is 0 Å². The summed E-state index contributed by atoms with van der Waals surface area (Å²) in [6.07, 6.45) is -11.4. The number of amides is 1. The van der Waals surface area contributed by atoms with E-state index in [-0.39, 0.29) is 44.9 Å². The van der Waals surface area contributed by atoms with Gasteiger partial charge in [0.15, 0.2) is 6.10 Å². The number of hydrogen-bond donors (Lipinski definition) is 1. The summed E-state index contributed by atoms with van der Waals surface area (Å²) in [6.45, 7) is 1.08. The topological polar surface area (TPSA) is 85.3 Å². The number of aliphatic carboxylic acids is 1. The van der Waals surface area contributed by atoms with Crippen LogP contribution in [0.2, 0.25) is 0 Å². The molecule has 0 aliphatic heterocycles. The summed E-state index contributed by atoms with van der Waals surface area (Å²) in [6, 6.07) is 10.7. The zero-order valence-electron chi connectivity index (χ0n) is 22.3. The molecule has 42 heavy (non-hydrogen) atoms. The Morgan fingerprint density at radius 3 is 2.17 bits per heavy atom. The molecular formula is C27H29F8NO6. The van der Waals surface area contributed by atoms with E-state index in [4.69, 9.17) is 14.2 Å². The predicted molar refractivity (Wildman–Crippen MR) is 132 cm³/mol. The average Bonchev–Trinajstić information content (AvgIpc) is 2.89. The molecule has 0 saturated heterocycles. The standard InChI is InChI=1S/C27H29F8NO6/c1-2-40-22(23(37)38)16-18-8-10-20(11-9-18)41-15-14-36(24(39)42-21-7-5-6-19(28)17-21)13-4-3-12-25(29,30)26(31,32)27(33,34)35/h5-11,17,22H,2-4,12-16H2,1H3,(H,37,38). The lowest BCUT2D eigenvalue weighted by atomic mass is 10.0. The Hall–Kier alpha value is -3.62. The van der Waals surface area contributed by atoms with Gasteiger partial charge in [-0.3, -0.25) is 0 Å². The molecule has 0 aliphatic carbocycles. The van der Waals surface area contributed by atoms with E-state index in [0.717, 1.165) is 17.0 Å². The Morgan fingerprint density at radius 1 is 0.929 bits per heavy atom. The number of unbranched alkanes of at least 4 members (excludes halogenated alkanes) is 1. The molecule has 1 amide bonds. The first kappa shape index (κ1) is 34.6. The monoisotopic (exact) mass is 615 g/mol. The lowest BCUT2D eigenvalue weighted by molar-refractivity contribution is -0.355. The molecule has 0 fully saturated rings. The number of carbonyl (C=O) groups excluding carboxylic acids is 1. The predicted octanol–water partition coefficient (Wildman–Crippen LogP) is 6.74. The van der Waals surface area contributed by atoms with Crippen molar-refractivity contribution in [1.29, 1.82) is 0 Å². The van der Waals surface area contributed by atoms with Crippen LogP contribution in [0.1, 0.15) is 31.7 Å². The molecule has 1 atom stereocenters. The first-order valence-electron chi connectivity index (χ1n) is 12.7. The normalized spacial score (nSPS) is 13.0. The smallest absolute Gasteiger partial charge is 0.459 e. The maximum Gasteiger partial charge on any atom is 0.459 e. The van der Waals surface area contributed by atoms with E-state index >= 15 is 0 Å². The van der Waals surface area contributed by atoms with Crippen LogP contribution >= 0.6 is 0 Å². The number of halogens is 8. The Morgan fingerprint density at radius 2 is 1.60 bits per heavy atom. The molecule has 1 unspecified atom stereocenters. The second kappa shape index (κ2) is 15.0. The van der Waals surface area contributed by atoms with Gasteiger partial charge in [0.1, 0.15) is 23.9 Å². The van der Waals surface area contributed by atoms with Gasteiger partial charge in [-0.05, 0) is 49.6 Å². The second-order valence-corrected chi connectivity index (χ2v) is 9.02. The molecule has 0 bridgehead atoms. The van der Waals surface area contributed by atoms with Gasteiger partial charge >= 0.3 is 30.1 Å². The molecule has 0 aliphatic rings. The molecule has 2 rings (SSSR count). The molecule has 2 aromatic carbocycles. The summed E-state index contributed by atoms with van der Waals surface area (Å²) in [7, 11) is 0. The fraction of sp³-hybridized carbons (Fsp3) is 0.481. The number of carboxylic acid groups (broad SMARTS) is 1. The first-order valence-corrected chi connectivity index (χ1v) is 12.7. The number of ether oxygens (including phenoxy) is 3. The van der Waals surface area contributed by atoms with Gasteiger partial charge in [0.2, 0.25) is 0 Å². The molecule has 0 spiro atoms. The van der Waals surface area contributed by atoms with Crippen molar-refractivity contribution in [1.82, 2.24) is 4.90 Å². The first-order chi connectivity index (χ1) is 19.6. The zero-order valence-corrected chi connectivity index (χ0v) is 22.3. The highest BCUT2D eigenvalue weighted by Gasteiger charge is 2.72. The van der Waals surface area contributed by atoms with E-state index < -0.39 is 54.8 Å². The molecule has 7 nitrogen and oxygen atoms in total. The van der Waals surface area contributed by atoms with Crippen molar-refractivity contribution in [2.24, 2.45) is 0 Å². The van der Waals surface area contributed by atoms with Gasteiger partial charge in [0, 0.05) is 32.1 Å². The van der Waals surface area contributed by atoms with Gasteiger partial charge < -0.3 is 24.2 Å². The number of carbonyl (C=O) groups is 2. The van der Waals surface area contributed by atoms with Crippen LogP contribution in [0, 0.1) is 5.82 Å². The molecule has 0 heterocycles. The minimum absolute atomic E-state index is 0.0943. The van der Waals surface area contributed by atoms with Crippen LogP contribution in [-0.4, -0.2) is 72.5 Å². The summed E-state index contributed by atoms with van der Waals surface area (Å²) in [5.74, 6) is -13.3. The minimum atomic E-state index is -6.44.